The van der Waals surface area contributed by atoms with Gasteiger partial charge in [0.2, 0.25) is 10.0 Å². The average molecular weight is 350 g/mol. The van der Waals surface area contributed by atoms with Crippen LogP contribution in [0.15, 0.2) is 89.8 Å². The predicted molar refractivity (Wildman–Crippen MR) is 98.4 cm³/mol. The van der Waals surface area contributed by atoms with E-state index in [-0.39, 0.29) is 0 Å². The van der Waals surface area contributed by atoms with Crippen LogP contribution in [0.5, 0.6) is 0 Å². The molecule has 0 aromatic heterocycles. The van der Waals surface area contributed by atoms with Crippen LogP contribution in [0.25, 0.3) is 0 Å². The summed E-state index contributed by atoms with van der Waals surface area (Å²) < 4.78 is 28.1. The van der Waals surface area contributed by atoms with Gasteiger partial charge in [-0.1, -0.05) is 72.8 Å². The third kappa shape index (κ3) is 2.92. The first-order valence-electron chi connectivity index (χ1n) is 8.12. The number of fused-ring (bicyclic) bond motifs is 1. The SMILES string of the molecule is O=S1(=O)c2ccccc2N[C@@H](c2ccccc2)N1Cc1ccccc1. The number of anilines is 1. The first-order chi connectivity index (χ1) is 12.2. The van der Waals surface area contributed by atoms with E-state index in [0.29, 0.717) is 17.1 Å². The highest BCUT2D eigenvalue weighted by molar-refractivity contribution is 7.89. The minimum atomic E-state index is -3.61. The summed E-state index contributed by atoms with van der Waals surface area (Å²) in [7, 11) is -3.61. The monoisotopic (exact) mass is 350 g/mol. The fraction of sp³-hybridized carbons (Fsp3) is 0.100. The van der Waals surface area contributed by atoms with Gasteiger partial charge < -0.3 is 5.32 Å². The third-order valence-electron chi connectivity index (χ3n) is 4.35. The van der Waals surface area contributed by atoms with Crippen LogP contribution in [-0.2, 0) is 16.6 Å². The molecule has 0 spiro atoms. The van der Waals surface area contributed by atoms with Gasteiger partial charge in [-0.3, -0.25) is 0 Å². The number of benzene rings is 3. The molecule has 4 nitrogen and oxygen atoms in total. The molecular weight excluding hydrogens is 332 g/mol. The van der Waals surface area contributed by atoms with E-state index in [2.05, 4.69) is 5.32 Å². The van der Waals surface area contributed by atoms with Crippen LogP contribution in [0, 0.1) is 0 Å². The molecule has 0 aliphatic carbocycles. The van der Waals surface area contributed by atoms with Crippen molar-refractivity contribution in [2.24, 2.45) is 0 Å². The van der Waals surface area contributed by atoms with Gasteiger partial charge in [-0.15, -0.1) is 0 Å². The highest BCUT2D eigenvalue weighted by Crippen LogP contribution is 2.38. The zero-order valence-corrected chi connectivity index (χ0v) is 14.4. The van der Waals surface area contributed by atoms with Crippen LogP contribution in [-0.4, -0.2) is 12.7 Å². The molecule has 0 bridgehead atoms. The van der Waals surface area contributed by atoms with Crippen molar-refractivity contribution >= 4 is 15.7 Å². The Morgan fingerprint density at radius 3 is 2.12 bits per heavy atom. The number of hydrogen-bond donors (Lipinski definition) is 1. The molecule has 0 amide bonds. The Bertz CT molecular complexity index is 973. The second-order valence-electron chi connectivity index (χ2n) is 5.99. The van der Waals surface area contributed by atoms with Crippen LogP contribution in [0.2, 0.25) is 0 Å². The molecule has 3 aromatic rings. The molecule has 4 rings (SSSR count). The Kier molecular flexibility index (Phi) is 4.03. The van der Waals surface area contributed by atoms with Crippen LogP contribution < -0.4 is 5.32 Å². The molecule has 1 atom stereocenters. The van der Waals surface area contributed by atoms with Crippen molar-refractivity contribution in [1.82, 2.24) is 4.31 Å². The summed E-state index contributed by atoms with van der Waals surface area (Å²) >= 11 is 0. The van der Waals surface area contributed by atoms with Crippen LogP contribution in [0.1, 0.15) is 17.3 Å². The molecule has 0 saturated carbocycles. The summed E-state index contributed by atoms with van der Waals surface area (Å²) in [5.74, 6) is 0. The summed E-state index contributed by atoms with van der Waals surface area (Å²) in [4.78, 5) is 0.318. The largest absolute Gasteiger partial charge is 0.364 e. The third-order valence-corrected chi connectivity index (χ3v) is 6.22. The Hall–Kier alpha value is -2.63. The fourth-order valence-electron chi connectivity index (χ4n) is 3.12. The van der Waals surface area contributed by atoms with Crippen LogP contribution in [0.3, 0.4) is 0 Å². The summed E-state index contributed by atoms with van der Waals surface area (Å²) in [5, 5.41) is 3.39. The second-order valence-corrected chi connectivity index (χ2v) is 7.85. The number of sulfonamides is 1. The first-order valence-corrected chi connectivity index (χ1v) is 9.56. The lowest BCUT2D eigenvalue weighted by molar-refractivity contribution is 0.336. The van der Waals surface area contributed by atoms with Gasteiger partial charge in [0.1, 0.15) is 11.1 Å². The molecule has 1 N–H and O–H groups in total. The summed E-state index contributed by atoms with van der Waals surface area (Å²) in [6, 6.07) is 26.4. The van der Waals surface area contributed by atoms with E-state index in [4.69, 9.17) is 0 Å². The molecular formula is C20H18N2O2S. The van der Waals surface area contributed by atoms with E-state index in [1.807, 2.05) is 72.8 Å². The van der Waals surface area contributed by atoms with E-state index in [9.17, 15) is 8.42 Å². The van der Waals surface area contributed by atoms with Crippen molar-refractivity contribution in [3.8, 4) is 0 Å². The number of nitrogens with zero attached hydrogens (tertiary/aromatic N) is 1. The van der Waals surface area contributed by atoms with Crippen molar-refractivity contribution in [3.63, 3.8) is 0 Å². The van der Waals surface area contributed by atoms with Gasteiger partial charge in [0, 0.05) is 6.54 Å². The maximum absolute atomic E-state index is 13.3. The topological polar surface area (TPSA) is 49.4 Å². The van der Waals surface area contributed by atoms with Crippen molar-refractivity contribution in [2.75, 3.05) is 5.32 Å². The van der Waals surface area contributed by atoms with Crippen LogP contribution in [0.4, 0.5) is 5.69 Å². The summed E-state index contributed by atoms with van der Waals surface area (Å²) in [6.07, 6.45) is -0.443. The number of hydrogen-bond acceptors (Lipinski definition) is 3. The first kappa shape index (κ1) is 15.9. The minimum absolute atomic E-state index is 0.310. The summed E-state index contributed by atoms with van der Waals surface area (Å²) in [5.41, 5.74) is 2.50. The molecule has 1 aliphatic heterocycles. The Morgan fingerprint density at radius 2 is 1.40 bits per heavy atom. The quantitative estimate of drug-likeness (QED) is 0.777. The van der Waals surface area contributed by atoms with Crippen molar-refractivity contribution in [2.45, 2.75) is 17.6 Å². The normalized spacial score (nSPS) is 19.0. The Balaban J connectivity index is 1.84. The number of nitrogens with one attached hydrogen (secondary N) is 1. The molecule has 1 aliphatic rings. The highest BCUT2D eigenvalue weighted by Gasteiger charge is 2.38. The maximum atomic E-state index is 13.3. The van der Waals surface area contributed by atoms with Gasteiger partial charge in [-0.25, -0.2) is 8.42 Å². The zero-order chi connectivity index (χ0) is 17.3. The standard InChI is InChI=1S/C20H18N2O2S/c23-25(24)19-14-8-7-13-18(19)21-20(17-11-5-2-6-12-17)22(25)15-16-9-3-1-4-10-16/h1-14,20-21H,15H2/t20-/m1/s1. The molecule has 0 unspecified atom stereocenters. The van der Waals surface area contributed by atoms with Gasteiger partial charge >= 0.3 is 0 Å². The Morgan fingerprint density at radius 1 is 0.800 bits per heavy atom. The highest BCUT2D eigenvalue weighted by atomic mass is 32.2. The molecule has 25 heavy (non-hydrogen) atoms. The van der Waals surface area contributed by atoms with Crippen molar-refractivity contribution in [1.29, 1.82) is 0 Å². The fourth-order valence-corrected chi connectivity index (χ4v) is 4.80. The van der Waals surface area contributed by atoms with Crippen LogP contribution >= 0.6 is 0 Å². The molecule has 3 aromatic carbocycles. The maximum Gasteiger partial charge on any atom is 0.247 e. The van der Waals surface area contributed by atoms with E-state index in [1.165, 1.54) is 4.31 Å². The molecule has 5 heteroatoms. The van der Waals surface area contributed by atoms with Crippen molar-refractivity contribution in [3.05, 3.63) is 96.1 Å². The lowest BCUT2D eigenvalue weighted by Crippen LogP contribution is -2.42. The lowest BCUT2D eigenvalue weighted by atomic mass is 10.1. The smallest absolute Gasteiger partial charge is 0.247 e. The van der Waals surface area contributed by atoms with Gasteiger partial charge in [0.15, 0.2) is 0 Å². The van der Waals surface area contributed by atoms with Gasteiger partial charge in [0.05, 0.1) is 5.69 Å². The molecule has 0 fully saturated rings. The van der Waals surface area contributed by atoms with E-state index >= 15 is 0 Å². The molecule has 1 heterocycles. The Labute approximate surface area is 147 Å². The number of para-hydroxylation sites is 1. The predicted octanol–water partition coefficient (Wildman–Crippen LogP) is 4.00. The molecule has 0 radical (unpaired) electrons. The zero-order valence-electron chi connectivity index (χ0n) is 13.5. The average Bonchev–Trinajstić information content (AvgIpc) is 2.65. The lowest BCUT2D eigenvalue weighted by Gasteiger charge is -2.37. The second kappa shape index (κ2) is 6.35. The number of rotatable bonds is 3. The molecule has 0 saturated heterocycles. The summed E-state index contributed by atoms with van der Waals surface area (Å²) in [6.45, 7) is 0.310. The van der Waals surface area contributed by atoms with E-state index in [1.54, 1.807) is 12.1 Å². The van der Waals surface area contributed by atoms with Gasteiger partial charge in [0.25, 0.3) is 0 Å². The molecule has 126 valence electrons. The van der Waals surface area contributed by atoms with Gasteiger partial charge in [-0.2, -0.15) is 4.31 Å². The van der Waals surface area contributed by atoms with Crippen molar-refractivity contribution < 1.29 is 8.42 Å². The van der Waals surface area contributed by atoms with E-state index < -0.39 is 16.2 Å². The minimum Gasteiger partial charge on any atom is -0.364 e. The van der Waals surface area contributed by atoms with E-state index in [0.717, 1.165) is 11.1 Å². The van der Waals surface area contributed by atoms with Gasteiger partial charge in [-0.05, 0) is 23.3 Å².